The third-order valence-electron chi connectivity index (χ3n) is 2.97. The second kappa shape index (κ2) is 7.34. The van der Waals surface area contributed by atoms with E-state index < -0.39 is 40.0 Å². The summed E-state index contributed by atoms with van der Waals surface area (Å²) >= 11 is 0. The molecule has 1 aromatic carbocycles. The van der Waals surface area contributed by atoms with E-state index in [0.29, 0.717) is 0 Å². The van der Waals surface area contributed by atoms with Crippen molar-refractivity contribution < 1.29 is 33.9 Å². The molecule has 0 bridgehead atoms. The molecule has 0 aliphatic carbocycles. The van der Waals surface area contributed by atoms with Crippen LogP contribution in [0.25, 0.3) is 0 Å². The number of methoxy groups -OCH3 is 1. The van der Waals surface area contributed by atoms with Gasteiger partial charge in [0.2, 0.25) is 0 Å². The van der Waals surface area contributed by atoms with Gasteiger partial charge in [0.15, 0.2) is 17.6 Å². The Morgan fingerprint density at radius 3 is 2.35 bits per heavy atom. The summed E-state index contributed by atoms with van der Waals surface area (Å²) < 4.78 is 9.73. The highest BCUT2D eigenvalue weighted by Crippen LogP contribution is 2.34. The molecule has 0 saturated heterocycles. The Bertz CT molecular complexity index is 667. The van der Waals surface area contributed by atoms with Gasteiger partial charge in [-0.15, -0.1) is 0 Å². The van der Waals surface area contributed by atoms with Gasteiger partial charge in [-0.2, -0.15) is 0 Å². The molecule has 1 rings (SSSR count). The van der Waals surface area contributed by atoms with E-state index in [9.17, 15) is 29.6 Å². The van der Waals surface area contributed by atoms with Crippen molar-refractivity contribution in [2.75, 3.05) is 7.11 Å². The number of carboxylic acids is 1. The van der Waals surface area contributed by atoms with Crippen LogP contribution in [0, 0.1) is 10.1 Å². The fourth-order valence-electron chi connectivity index (χ4n) is 1.87. The lowest BCUT2D eigenvalue weighted by molar-refractivity contribution is -0.385. The van der Waals surface area contributed by atoms with Gasteiger partial charge in [0.25, 0.3) is 0 Å². The molecule has 124 valence electrons. The van der Waals surface area contributed by atoms with E-state index in [0.717, 1.165) is 26.2 Å². The van der Waals surface area contributed by atoms with Gasteiger partial charge < -0.3 is 14.6 Å². The van der Waals surface area contributed by atoms with Crippen LogP contribution in [0.4, 0.5) is 5.69 Å². The maximum atomic E-state index is 11.7. The van der Waals surface area contributed by atoms with Crippen molar-refractivity contribution in [1.82, 2.24) is 0 Å². The molecule has 9 nitrogen and oxygen atoms in total. The van der Waals surface area contributed by atoms with Crippen molar-refractivity contribution >= 4 is 23.4 Å². The molecule has 0 fully saturated rings. The summed E-state index contributed by atoms with van der Waals surface area (Å²) in [6, 6.07) is 1.79. The van der Waals surface area contributed by atoms with Gasteiger partial charge in [0, 0.05) is 24.1 Å². The van der Waals surface area contributed by atoms with Crippen molar-refractivity contribution in [3.05, 3.63) is 33.4 Å². The largest absolute Gasteiger partial charge is 0.490 e. The summed E-state index contributed by atoms with van der Waals surface area (Å²) in [5, 5.41) is 20.3. The van der Waals surface area contributed by atoms with E-state index in [4.69, 9.17) is 9.47 Å². The highest BCUT2D eigenvalue weighted by atomic mass is 16.6. The fourth-order valence-corrected chi connectivity index (χ4v) is 1.87. The number of carbonyl (C=O) groups excluding carboxylic acids is 2. The highest BCUT2D eigenvalue weighted by molar-refractivity contribution is 5.94. The van der Waals surface area contributed by atoms with E-state index in [1.807, 2.05) is 0 Å². The topological polar surface area (TPSA) is 133 Å². The van der Waals surface area contributed by atoms with E-state index in [1.165, 1.54) is 6.92 Å². The van der Waals surface area contributed by atoms with Crippen molar-refractivity contribution in [1.29, 1.82) is 0 Å². The van der Waals surface area contributed by atoms with Gasteiger partial charge in [0.1, 0.15) is 0 Å². The van der Waals surface area contributed by atoms with Crippen LogP contribution in [0.15, 0.2) is 12.1 Å². The molecule has 0 heterocycles. The number of ether oxygens (including phenoxy) is 2. The van der Waals surface area contributed by atoms with E-state index >= 15 is 0 Å². The SMILES string of the molecule is CCC(=O)OC(C(C)=O)c1cc([N+](=O)[O-])c(OC)cc1C(=O)O. The van der Waals surface area contributed by atoms with Crippen molar-refractivity contribution in [3.63, 3.8) is 0 Å². The zero-order valence-corrected chi connectivity index (χ0v) is 12.7. The number of ketones is 1. The molecular weight excluding hydrogens is 310 g/mol. The Morgan fingerprint density at radius 1 is 1.35 bits per heavy atom. The normalized spacial score (nSPS) is 11.4. The first-order valence-corrected chi connectivity index (χ1v) is 6.52. The molecule has 9 heteroatoms. The van der Waals surface area contributed by atoms with Crippen molar-refractivity contribution in [3.8, 4) is 5.75 Å². The quantitative estimate of drug-likeness (QED) is 0.456. The molecule has 0 saturated carbocycles. The van der Waals surface area contributed by atoms with Crippen LogP contribution in [0.3, 0.4) is 0 Å². The van der Waals surface area contributed by atoms with Gasteiger partial charge in [-0.05, 0) is 6.92 Å². The molecule has 0 aliphatic rings. The third-order valence-corrected chi connectivity index (χ3v) is 2.97. The Hall–Kier alpha value is -2.97. The van der Waals surface area contributed by atoms with Crippen LogP contribution in [0.5, 0.6) is 5.75 Å². The summed E-state index contributed by atoms with van der Waals surface area (Å²) in [7, 11) is 1.15. The molecule has 0 aliphatic heterocycles. The predicted octanol–water partition coefficient (Wildman–Crippen LogP) is 1.88. The molecule has 1 aromatic rings. The smallest absolute Gasteiger partial charge is 0.336 e. The Balaban J connectivity index is 3.59. The number of aromatic carboxylic acids is 1. The predicted molar refractivity (Wildman–Crippen MR) is 76.4 cm³/mol. The lowest BCUT2D eigenvalue weighted by Gasteiger charge is -2.17. The second-order valence-electron chi connectivity index (χ2n) is 4.51. The van der Waals surface area contributed by atoms with Gasteiger partial charge in [-0.25, -0.2) is 4.79 Å². The summed E-state index contributed by atoms with van der Waals surface area (Å²) in [6.07, 6.45) is -1.58. The number of nitro benzene ring substituents is 1. The first-order chi connectivity index (χ1) is 10.7. The second-order valence-corrected chi connectivity index (χ2v) is 4.51. The number of benzene rings is 1. The minimum atomic E-state index is -1.54. The monoisotopic (exact) mass is 325 g/mol. The lowest BCUT2D eigenvalue weighted by atomic mass is 9.98. The van der Waals surface area contributed by atoms with Crippen molar-refractivity contribution in [2.45, 2.75) is 26.4 Å². The van der Waals surface area contributed by atoms with Crippen LogP contribution in [-0.2, 0) is 14.3 Å². The lowest BCUT2D eigenvalue weighted by Crippen LogP contribution is -2.20. The molecule has 1 atom stereocenters. The molecule has 0 amide bonds. The maximum Gasteiger partial charge on any atom is 0.336 e. The van der Waals surface area contributed by atoms with Crippen molar-refractivity contribution in [2.24, 2.45) is 0 Å². The molecule has 0 radical (unpaired) electrons. The summed E-state index contributed by atoms with van der Waals surface area (Å²) in [4.78, 5) is 44.8. The van der Waals surface area contributed by atoms with E-state index in [1.54, 1.807) is 0 Å². The standard InChI is InChI=1S/C14H15NO8/c1-4-12(17)23-13(7(2)16)8-5-10(15(20)21)11(22-3)6-9(8)14(18)19/h5-6,13H,4H2,1-3H3,(H,18,19). The first-order valence-electron chi connectivity index (χ1n) is 6.52. The average Bonchev–Trinajstić information content (AvgIpc) is 2.50. The number of hydrogen-bond acceptors (Lipinski definition) is 7. The molecule has 1 N–H and O–H groups in total. The van der Waals surface area contributed by atoms with E-state index in [2.05, 4.69) is 0 Å². The molecule has 23 heavy (non-hydrogen) atoms. The molecule has 0 aromatic heterocycles. The Kier molecular flexibility index (Phi) is 5.77. The first kappa shape index (κ1) is 18.1. The highest BCUT2D eigenvalue weighted by Gasteiger charge is 2.30. The minimum absolute atomic E-state index is 0.0373. The zero-order valence-electron chi connectivity index (χ0n) is 12.7. The van der Waals surface area contributed by atoms with Gasteiger partial charge in [-0.3, -0.25) is 19.7 Å². The van der Waals surface area contributed by atoms with Crippen LogP contribution in [0.2, 0.25) is 0 Å². The number of hydrogen-bond donors (Lipinski definition) is 1. The number of rotatable bonds is 7. The number of carboxylic acid groups (broad SMARTS) is 1. The summed E-state index contributed by atoms with van der Waals surface area (Å²) in [5.41, 5.74) is -1.23. The minimum Gasteiger partial charge on any atom is -0.490 e. The molecular formula is C14H15NO8. The zero-order chi connectivity index (χ0) is 17.7. The number of carbonyl (C=O) groups is 3. The van der Waals surface area contributed by atoms with Crippen LogP contribution in [0.1, 0.15) is 42.3 Å². The van der Waals surface area contributed by atoms with Crippen LogP contribution < -0.4 is 4.74 Å². The molecule has 0 spiro atoms. The number of esters is 1. The Morgan fingerprint density at radius 2 is 1.96 bits per heavy atom. The number of Topliss-reactive ketones (excluding diaryl/α,β-unsaturated/α-hetero) is 1. The fraction of sp³-hybridized carbons (Fsp3) is 0.357. The molecule has 1 unspecified atom stereocenters. The van der Waals surface area contributed by atoms with Crippen LogP contribution >= 0.6 is 0 Å². The number of nitrogens with zero attached hydrogens (tertiary/aromatic N) is 1. The third kappa shape index (κ3) is 4.02. The Labute approximate surface area is 131 Å². The summed E-state index contributed by atoms with van der Waals surface area (Å²) in [6.45, 7) is 2.59. The van der Waals surface area contributed by atoms with Gasteiger partial charge >= 0.3 is 17.6 Å². The van der Waals surface area contributed by atoms with Crippen LogP contribution in [-0.4, -0.2) is 34.9 Å². The number of nitro groups is 1. The average molecular weight is 325 g/mol. The van der Waals surface area contributed by atoms with Gasteiger partial charge in [0.05, 0.1) is 17.6 Å². The summed E-state index contributed by atoms with van der Waals surface area (Å²) in [5.74, 6) is -3.11. The maximum absolute atomic E-state index is 11.7. The van der Waals surface area contributed by atoms with Gasteiger partial charge in [-0.1, -0.05) is 6.92 Å². The van der Waals surface area contributed by atoms with E-state index in [-0.39, 0.29) is 17.7 Å².